The summed E-state index contributed by atoms with van der Waals surface area (Å²) < 4.78 is 42.0. The van der Waals surface area contributed by atoms with E-state index in [0.29, 0.717) is 17.2 Å². The van der Waals surface area contributed by atoms with E-state index in [4.69, 9.17) is 0 Å². The quantitative estimate of drug-likeness (QED) is 0.459. The molecule has 0 aliphatic heterocycles. The molecule has 0 saturated carbocycles. The van der Waals surface area contributed by atoms with Crippen molar-refractivity contribution in [2.24, 2.45) is 7.05 Å². The fraction of sp³-hybridized carbons (Fsp3) is 0.105. The van der Waals surface area contributed by atoms with Crippen LogP contribution in [-0.4, -0.2) is 15.2 Å². The van der Waals surface area contributed by atoms with Crippen LogP contribution in [0.2, 0.25) is 0 Å². The van der Waals surface area contributed by atoms with Gasteiger partial charge in [-0.2, -0.15) is 18.3 Å². The number of anilines is 4. The van der Waals surface area contributed by atoms with Gasteiger partial charge in [-0.15, -0.1) is 0 Å². The van der Waals surface area contributed by atoms with Crippen molar-refractivity contribution in [3.63, 3.8) is 0 Å². The number of pyridine rings is 2. The summed E-state index contributed by atoms with van der Waals surface area (Å²) in [6, 6.07) is 10.2. The van der Waals surface area contributed by atoms with Crippen molar-refractivity contribution >= 4 is 33.8 Å². The Labute approximate surface area is 158 Å². The molecule has 9 heteroatoms. The minimum Gasteiger partial charge on any atom is -0.350 e. The van der Waals surface area contributed by atoms with E-state index in [1.54, 1.807) is 48.4 Å². The van der Waals surface area contributed by atoms with Crippen molar-refractivity contribution in [2.75, 3.05) is 10.6 Å². The lowest BCUT2D eigenvalue weighted by Crippen LogP contribution is -2.26. The SMILES string of the molecule is C[n+]1cccc(Nc2cc(Nc3ccc4[nH]ncc4c3)ncc2C(F)(F)F)c1. The topological polar surface area (TPSA) is 69.5 Å². The lowest BCUT2D eigenvalue weighted by Gasteiger charge is -2.15. The lowest BCUT2D eigenvalue weighted by atomic mass is 10.2. The molecule has 0 aliphatic rings. The number of H-pyrrole nitrogens is 1. The Balaban J connectivity index is 1.68. The molecule has 3 aromatic heterocycles. The molecular weight excluding hydrogens is 369 g/mol. The zero-order valence-corrected chi connectivity index (χ0v) is 14.7. The molecular formula is C19H16F3N6+. The first-order valence-electron chi connectivity index (χ1n) is 8.38. The van der Waals surface area contributed by atoms with Crippen molar-refractivity contribution in [2.45, 2.75) is 6.18 Å². The van der Waals surface area contributed by atoms with Gasteiger partial charge in [0.25, 0.3) is 0 Å². The molecule has 0 saturated heterocycles. The number of hydrogen-bond acceptors (Lipinski definition) is 4. The summed E-state index contributed by atoms with van der Waals surface area (Å²) in [6.45, 7) is 0. The zero-order valence-electron chi connectivity index (χ0n) is 14.7. The number of hydrogen-bond donors (Lipinski definition) is 3. The summed E-state index contributed by atoms with van der Waals surface area (Å²) in [5.74, 6) is 0.290. The first kappa shape index (κ1) is 17.8. The summed E-state index contributed by atoms with van der Waals surface area (Å²) in [7, 11) is 1.79. The van der Waals surface area contributed by atoms with Crippen LogP contribution in [0.3, 0.4) is 0 Å². The normalized spacial score (nSPS) is 11.6. The third kappa shape index (κ3) is 3.73. The van der Waals surface area contributed by atoms with E-state index in [1.807, 2.05) is 12.1 Å². The molecule has 4 aromatic rings. The fourth-order valence-electron chi connectivity index (χ4n) is 2.84. The van der Waals surface area contributed by atoms with E-state index in [9.17, 15) is 13.2 Å². The maximum absolute atomic E-state index is 13.4. The predicted molar refractivity (Wildman–Crippen MR) is 99.5 cm³/mol. The molecule has 6 nitrogen and oxygen atoms in total. The first-order chi connectivity index (χ1) is 13.4. The number of aromatic amines is 1. The van der Waals surface area contributed by atoms with E-state index in [0.717, 1.165) is 17.1 Å². The molecule has 142 valence electrons. The van der Waals surface area contributed by atoms with Gasteiger partial charge in [0.15, 0.2) is 12.4 Å². The van der Waals surface area contributed by atoms with Gasteiger partial charge in [-0.1, -0.05) is 0 Å². The molecule has 0 atom stereocenters. The van der Waals surface area contributed by atoms with Crippen LogP contribution in [0.25, 0.3) is 10.9 Å². The van der Waals surface area contributed by atoms with Crippen molar-refractivity contribution in [1.29, 1.82) is 0 Å². The maximum atomic E-state index is 13.4. The largest absolute Gasteiger partial charge is 0.419 e. The Kier molecular flexibility index (Phi) is 4.34. The molecule has 0 fully saturated rings. The fourth-order valence-corrected chi connectivity index (χ4v) is 2.84. The van der Waals surface area contributed by atoms with Gasteiger partial charge >= 0.3 is 6.18 Å². The standard InChI is InChI=1S/C19H16F3N6/c1-28-6-2-3-14(11-28)25-17-8-18(23-10-15(17)19(20,21)22)26-13-4-5-16-12(7-13)9-24-27-16/h2-11H,1H3,(H,24,27)(H2,23,25,26)/q+1. The number of benzene rings is 1. The van der Waals surface area contributed by atoms with E-state index >= 15 is 0 Å². The number of nitrogens with zero attached hydrogens (tertiary/aromatic N) is 3. The van der Waals surface area contributed by atoms with Crippen LogP contribution in [0.5, 0.6) is 0 Å². The second kappa shape index (κ2) is 6.84. The number of aromatic nitrogens is 4. The van der Waals surface area contributed by atoms with E-state index < -0.39 is 11.7 Å². The number of fused-ring (bicyclic) bond motifs is 1. The Bertz CT molecular complexity index is 1140. The molecule has 4 rings (SSSR count). The molecule has 28 heavy (non-hydrogen) atoms. The number of nitrogens with one attached hydrogen (secondary N) is 3. The summed E-state index contributed by atoms with van der Waals surface area (Å²) in [5.41, 5.74) is 1.17. The van der Waals surface area contributed by atoms with Crippen molar-refractivity contribution < 1.29 is 17.7 Å². The van der Waals surface area contributed by atoms with Crippen LogP contribution < -0.4 is 15.2 Å². The molecule has 3 heterocycles. The van der Waals surface area contributed by atoms with Gasteiger partial charge in [-0.05, 0) is 24.3 Å². The Morgan fingerprint density at radius 1 is 1.04 bits per heavy atom. The smallest absolute Gasteiger partial charge is 0.350 e. The van der Waals surface area contributed by atoms with Crippen molar-refractivity contribution in [3.8, 4) is 0 Å². The molecule has 0 amide bonds. The minimum absolute atomic E-state index is 0.0828. The summed E-state index contributed by atoms with van der Waals surface area (Å²) in [4.78, 5) is 3.93. The highest BCUT2D eigenvalue weighted by Crippen LogP contribution is 2.37. The van der Waals surface area contributed by atoms with Crippen LogP contribution in [0, 0.1) is 0 Å². The highest BCUT2D eigenvalue weighted by atomic mass is 19.4. The van der Waals surface area contributed by atoms with Crippen LogP contribution in [0.15, 0.2) is 61.2 Å². The Hall–Kier alpha value is -3.62. The minimum atomic E-state index is -4.53. The van der Waals surface area contributed by atoms with Gasteiger partial charge < -0.3 is 10.6 Å². The first-order valence-corrected chi connectivity index (χ1v) is 8.38. The highest BCUT2D eigenvalue weighted by Gasteiger charge is 2.34. The number of alkyl halides is 3. The summed E-state index contributed by atoms with van der Waals surface area (Å²) in [5, 5.41) is 13.6. The maximum Gasteiger partial charge on any atom is 0.419 e. The van der Waals surface area contributed by atoms with Gasteiger partial charge in [0.2, 0.25) is 0 Å². The van der Waals surface area contributed by atoms with Crippen LogP contribution in [-0.2, 0) is 13.2 Å². The number of aryl methyl sites for hydroxylation is 1. The van der Waals surface area contributed by atoms with Gasteiger partial charge in [-0.3, -0.25) is 5.10 Å². The van der Waals surface area contributed by atoms with Gasteiger partial charge in [0.05, 0.1) is 23.0 Å². The second-order valence-electron chi connectivity index (χ2n) is 6.29. The summed E-state index contributed by atoms with van der Waals surface area (Å²) in [6.07, 6.45) is 1.45. The van der Waals surface area contributed by atoms with Crippen LogP contribution in [0.1, 0.15) is 5.56 Å². The Morgan fingerprint density at radius 3 is 2.68 bits per heavy atom. The Morgan fingerprint density at radius 2 is 1.89 bits per heavy atom. The molecule has 0 bridgehead atoms. The number of rotatable bonds is 4. The molecule has 1 aromatic carbocycles. The van der Waals surface area contributed by atoms with Crippen LogP contribution >= 0.6 is 0 Å². The second-order valence-corrected chi connectivity index (χ2v) is 6.29. The summed E-state index contributed by atoms with van der Waals surface area (Å²) >= 11 is 0. The monoisotopic (exact) mass is 385 g/mol. The van der Waals surface area contributed by atoms with E-state index in [1.165, 1.54) is 6.07 Å². The van der Waals surface area contributed by atoms with Gasteiger partial charge in [0.1, 0.15) is 18.6 Å². The zero-order chi connectivity index (χ0) is 19.7. The average Bonchev–Trinajstić information content (AvgIpc) is 3.09. The lowest BCUT2D eigenvalue weighted by molar-refractivity contribution is -0.670. The molecule has 3 N–H and O–H groups in total. The van der Waals surface area contributed by atoms with Crippen LogP contribution in [0.4, 0.5) is 36.1 Å². The average molecular weight is 385 g/mol. The molecule has 0 spiro atoms. The molecule has 0 aliphatic carbocycles. The predicted octanol–water partition coefficient (Wildman–Crippen LogP) is 4.29. The van der Waals surface area contributed by atoms with Gasteiger partial charge in [-0.25, -0.2) is 9.55 Å². The number of halogens is 3. The third-order valence-corrected chi connectivity index (χ3v) is 4.14. The molecule has 0 unspecified atom stereocenters. The van der Waals surface area contributed by atoms with Gasteiger partial charge in [0, 0.05) is 29.4 Å². The highest BCUT2D eigenvalue weighted by molar-refractivity contribution is 5.83. The van der Waals surface area contributed by atoms with E-state index in [2.05, 4.69) is 25.8 Å². The molecule has 0 radical (unpaired) electrons. The van der Waals surface area contributed by atoms with Crippen molar-refractivity contribution in [3.05, 3.63) is 66.7 Å². The van der Waals surface area contributed by atoms with E-state index in [-0.39, 0.29) is 5.69 Å². The van der Waals surface area contributed by atoms with Crippen molar-refractivity contribution in [1.82, 2.24) is 15.2 Å². The third-order valence-electron chi connectivity index (χ3n) is 4.14.